The van der Waals surface area contributed by atoms with Gasteiger partial charge >= 0.3 is 0 Å². The van der Waals surface area contributed by atoms with Crippen LogP contribution in [0.1, 0.15) is 23.7 Å². The van der Waals surface area contributed by atoms with E-state index in [0.717, 1.165) is 24.2 Å². The van der Waals surface area contributed by atoms with Crippen LogP contribution in [0.25, 0.3) is 0 Å². The molecule has 1 aliphatic rings. The topological polar surface area (TPSA) is 24.9 Å². The number of fused-ring (bicyclic) bond motifs is 1. The van der Waals surface area contributed by atoms with Crippen LogP contribution in [0.5, 0.6) is 0 Å². The molecule has 2 aromatic rings. The number of aryl methyl sites for hydroxylation is 1. The van der Waals surface area contributed by atoms with Crippen LogP contribution >= 0.6 is 11.6 Å². The third kappa shape index (κ3) is 2.06. The molecule has 0 saturated heterocycles. The van der Waals surface area contributed by atoms with Crippen molar-refractivity contribution < 1.29 is 4.39 Å². The molecule has 1 aromatic heterocycles. The van der Waals surface area contributed by atoms with Gasteiger partial charge in [-0.15, -0.1) is 0 Å². The van der Waals surface area contributed by atoms with E-state index in [1.54, 1.807) is 18.3 Å². The van der Waals surface area contributed by atoms with E-state index in [4.69, 9.17) is 11.6 Å². The lowest BCUT2D eigenvalue weighted by atomic mass is 10.2. The normalized spacial score (nSPS) is 17.6. The van der Waals surface area contributed by atoms with Crippen LogP contribution in [-0.4, -0.2) is 4.98 Å². The highest BCUT2D eigenvalue weighted by Gasteiger charge is 2.23. The second-order valence-corrected chi connectivity index (χ2v) is 4.82. The highest BCUT2D eigenvalue weighted by molar-refractivity contribution is 6.31. The summed E-state index contributed by atoms with van der Waals surface area (Å²) in [4.78, 5) is 4.41. The number of nitrogens with one attached hydrogen (secondary N) is 1. The highest BCUT2D eigenvalue weighted by Crippen LogP contribution is 2.32. The predicted octanol–water partition coefficient (Wildman–Crippen LogP) is 3.97. The van der Waals surface area contributed by atoms with Gasteiger partial charge in [0.2, 0.25) is 0 Å². The van der Waals surface area contributed by atoms with Crippen molar-refractivity contribution in [3.8, 4) is 0 Å². The van der Waals surface area contributed by atoms with E-state index in [0.29, 0.717) is 0 Å². The van der Waals surface area contributed by atoms with E-state index in [9.17, 15) is 4.39 Å². The third-order valence-corrected chi connectivity index (χ3v) is 3.51. The fraction of sp³-hybridized carbons (Fsp3) is 0.214. The Morgan fingerprint density at radius 3 is 3.06 bits per heavy atom. The summed E-state index contributed by atoms with van der Waals surface area (Å²) in [6.07, 6.45) is 3.83. The first-order valence-corrected chi connectivity index (χ1v) is 6.27. The smallest absolute Gasteiger partial charge is 0.141 e. The van der Waals surface area contributed by atoms with Gasteiger partial charge in [-0.1, -0.05) is 17.7 Å². The van der Waals surface area contributed by atoms with Crippen molar-refractivity contribution in [3.63, 3.8) is 0 Å². The van der Waals surface area contributed by atoms with Crippen LogP contribution in [-0.2, 0) is 6.42 Å². The molecule has 0 fully saturated rings. The number of pyridine rings is 1. The minimum absolute atomic E-state index is 0.138. The summed E-state index contributed by atoms with van der Waals surface area (Å²) in [6.45, 7) is 0. The quantitative estimate of drug-likeness (QED) is 0.886. The average Bonchev–Trinajstić information content (AvgIpc) is 2.78. The van der Waals surface area contributed by atoms with Crippen molar-refractivity contribution in [3.05, 3.63) is 58.6 Å². The van der Waals surface area contributed by atoms with E-state index in [-0.39, 0.29) is 11.1 Å². The van der Waals surface area contributed by atoms with Crippen molar-refractivity contribution in [2.45, 2.75) is 18.9 Å². The van der Waals surface area contributed by atoms with Crippen molar-refractivity contribution in [1.82, 2.24) is 4.98 Å². The number of benzene rings is 1. The van der Waals surface area contributed by atoms with Gasteiger partial charge < -0.3 is 5.32 Å². The molecule has 0 bridgehead atoms. The molecule has 1 atom stereocenters. The first-order chi connectivity index (χ1) is 8.74. The number of halogens is 2. The minimum atomic E-state index is -0.396. The minimum Gasteiger partial charge on any atom is -0.377 e. The number of anilines is 1. The molecule has 3 rings (SSSR count). The number of rotatable bonds is 2. The van der Waals surface area contributed by atoms with Gasteiger partial charge in [0, 0.05) is 11.9 Å². The van der Waals surface area contributed by atoms with Crippen molar-refractivity contribution in [2.75, 3.05) is 5.32 Å². The van der Waals surface area contributed by atoms with Gasteiger partial charge in [0.25, 0.3) is 0 Å². The van der Waals surface area contributed by atoms with Crippen LogP contribution in [0.4, 0.5) is 10.1 Å². The number of hydrogen-bond acceptors (Lipinski definition) is 2. The van der Waals surface area contributed by atoms with Gasteiger partial charge in [-0.3, -0.25) is 4.98 Å². The fourth-order valence-corrected chi connectivity index (χ4v) is 2.52. The van der Waals surface area contributed by atoms with Crippen molar-refractivity contribution in [1.29, 1.82) is 0 Å². The molecule has 0 amide bonds. The Bertz CT molecular complexity index is 586. The lowest BCUT2D eigenvalue weighted by Crippen LogP contribution is -2.08. The zero-order valence-corrected chi connectivity index (χ0v) is 10.4. The van der Waals surface area contributed by atoms with Crippen LogP contribution in [0.15, 0.2) is 36.5 Å². The van der Waals surface area contributed by atoms with Gasteiger partial charge in [-0.25, -0.2) is 4.39 Å². The predicted molar refractivity (Wildman–Crippen MR) is 70.3 cm³/mol. The summed E-state index contributed by atoms with van der Waals surface area (Å²) in [5.74, 6) is -0.396. The summed E-state index contributed by atoms with van der Waals surface area (Å²) in [7, 11) is 0. The Morgan fingerprint density at radius 2 is 2.22 bits per heavy atom. The van der Waals surface area contributed by atoms with Crippen molar-refractivity contribution in [2.24, 2.45) is 0 Å². The molecule has 0 saturated carbocycles. The van der Waals surface area contributed by atoms with Crippen LogP contribution in [0.3, 0.4) is 0 Å². The first-order valence-electron chi connectivity index (χ1n) is 5.89. The second kappa shape index (κ2) is 4.58. The van der Waals surface area contributed by atoms with E-state index < -0.39 is 5.82 Å². The SMILES string of the molecule is Fc1ccc(NC2CCc3cccnc32)cc1Cl. The maximum Gasteiger partial charge on any atom is 0.141 e. The molecular formula is C14H12ClFN2. The molecule has 1 aliphatic carbocycles. The van der Waals surface area contributed by atoms with Gasteiger partial charge in [0.05, 0.1) is 16.8 Å². The third-order valence-electron chi connectivity index (χ3n) is 3.22. The van der Waals surface area contributed by atoms with Gasteiger partial charge in [-0.05, 0) is 42.7 Å². The molecule has 92 valence electrons. The molecule has 1 aromatic carbocycles. The number of aromatic nitrogens is 1. The largest absolute Gasteiger partial charge is 0.377 e. The summed E-state index contributed by atoms with van der Waals surface area (Å²) >= 11 is 5.77. The lowest BCUT2D eigenvalue weighted by molar-refractivity contribution is 0.628. The zero-order valence-electron chi connectivity index (χ0n) is 9.66. The Balaban J connectivity index is 1.84. The molecule has 4 heteroatoms. The Kier molecular flexibility index (Phi) is 2.92. The molecule has 1 N–H and O–H groups in total. The molecule has 0 radical (unpaired) electrons. The van der Waals surface area contributed by atoms with E-state index in [1.165, 1.54) is 11.6 Å². The first kappa shape index (κ1) is 11.5. The average molecular weight is 263 g/mol. The van der Waals surface area contributed by atoms with Gasteiger partial charge in [0.15, 0.2) is 0 Å². The summed E-state index contributed by atoms with van der Waals surface area (Å²) in [5, 5.41) is 3.49. The Hall–Kier alpha value is -1.61. The van der Waals surface area contributed by atoms with Crippen LogP contribution < -0.4 is 5.32 Å². The molecule has 1 unspecified atom stereocenters. The lowest BCUT2D eigenvalue weighted by Gasteiger charge is -2.14. The molecule has 1 heterocycles. The number of nitrogens with zero attached hydrogens (tertiary/aromatic N) is 1. The molecular weight excluding hydrogens is 251 g/mol. The highest BCUT2D eigenvalue weighted by atomic mass is 35.5. The van der Waals surface area contributed by atoms with Gasteiger partial charge in [-0.2, -0.15) is 0 Å². The second-order valence-electron chi connectivity index (χ2n) is 4.41. The fourth-order valence-electron chi connectivity index (χ4n) is 2.34. The van der Waals surface area contributed by atoms with E-state index in [1.807, 2.05) is 6.07 Å². The summed E-state index contributed by atoms with van der Waals surface area (Å²) in [6, 6.07) is 8.92. The Morgan fingerprint density at radius 1 is 1.33 bits per heavy atom. The maximum absolute atomic E-state index is 13.1. The van der Waals surface area contributed by atoms with E-state index in [2.05, 4.69) is 16.4 Å². The molecule has 18 heavy (non-hydrogen) atoms. The van der Waals surface area contributed by atoms with E-state index >= 15 is 0 Å². The monoisotopic (exact) mass is 262 g/mol. The van der Waals surface area contributed by atoms with Crippen LogP contribution in [0.2, 0.25) is 5.02 Å². The standard InChI is InChI=1S/C14H12ClFN2/c15-11-8-10(4-5-12(11)16)18-13-6-3-9-2-1-7-17-14(9)13/h1-2,4-5,7-8,13,18H,3,6H2. The maximum atomic E-state index is 13.1. The van der Waals surface area contributed by atoms with Crippen molar-refractivity contribution >= 4 is 17.3 Å². The Labute approximate surface area is 110 Å². The summed E-state index contributed by atoms with van der Waals surface area (Å²) < 4.78 is 13.1. The molecule has 0 spiro atoms. The number of hydrogen-bond donors (Lipinski definition) is 1. The van der Waals surface area contributed by atoms with Crippen LogP contribution in [0, 0.1) is 5.82 Å². The summed E-state index contributed by atoms with van der Waals surface area (Å²) in [5.41, 5.74) is 3.19. The van der Waals surface area contributed by atoms with Gasteiger partial charge in [0.1, 0.15) is 5.82 Å². The molecule has 2 nitrogen and oxygen atoms in total. The zero-order chi connectivity index (χ0) is 12.5. The molecule has 0 aliphatic heterocycles.